The maximum Gasteiger partial charge on any atom is 0.191 e. The standard InChI is InChI=1S/C17H35N3O3/c1-3-5-11-22-12-6-9-19-16(18-4-2)20-14-17(7-10-21)8-13-23-15-17/h21H,3-15H2,1-2H3,(H2,18,19,20). The smallest absolute Gasteiger partial charge is 0.191 e. The average Bonchev–Trinajstić information content (AvgIpc) is 3.01. The average molecular weight is 329 g/mol. The van der Waals surface area contributed by atoms with Gasteiger partial charge in [-0.1, -0.05) is 13.3 Å². The van der Waals surface area contributed by atoms with Crippen LogP contribution in [0.3, 0.4) is 0 Å². The van der Waals surface area contributed by atoms with Gasteiger partial charge in [-0.05, 0) is 32.6 Å². The number of hydrogen-bond acceptors (Lipinski definition) is 4. The van der Waals surface area contributed by atoms with E-state index in [0.717, 1.165) is 64.6 Å². The van der Waals surface area contributed by atoms with Crippen molar-refractivity contribution in [1.29, 1.82) is 0 Å². The van der Waals surface area contributed by atoms with Crippen LogP contribution in [0.15, 0.2) is 4.99 Å². The molecule has 1 aliphatic rings. The van der Waals surface area contributed by atoms with E-state index in [0.29, 0.717) is 13.2 Å². The molecule has 1 atom stereocenters. The Kier molecular flexibility index (Phi) is 11.0. The van der Waals surface area contributed by atoms with Crippen molar-refractivity contribution in [2.75, 3.05) is 52.7 Å². The van der Waals surface area contributed by atoms with Crippen LogP contribution in [-0.2, 0) is 9.47 Å². The van der Waals surface area contributed by atoms with Gasteiger partial charge in [-0.25, -0.2) is 0 Å². The molecule has 1 aliphatic heterocycles. The molecule has 1 saturated heterocycles. The Morgan fingerprint density at radius 2 is 2.09 bits per heavy atom. The minimum absolute atomic E-state index is 0.000362. The topological polar surface area (TPSA) is 75.1 Å². The van der Waals surface area contributed by atoms with Crippen LogP contribution in [0.25, 0.3) is 0 Å². The molecule has 1 rings (SSSR count). The maximum absolute atomic E-state index is 9.27. The van der Waals surface area contributed by atoms with Crippen molar-refractivity contribution in [3.05, 3.63) is 0 Å². The highest BCUT2D eigenvalue weighted by molar-refractivity contribution is 5.79. The Hall–Kier alpha value is -0.850. The summed E-state index contributed by atoms with van der Waals surface area (Å²) in [6.07, 6.45) is 5.00. The largest absolute Gasteiger partial charge is 0.396 e. The normalized spacial score (nSPS) is 21.6. The molecule has 1 heterocycles. The highest BCUT2D eigenvalue weighted by Crippen LogP contribution is 2.32. The Balaban J connectivity index is 2.31. The quantitative estimate of drug-likeness (QED) is 0.288. The molecule has 0 aromatic carbocycles. The second-order valence-electron chi connectivity index (χ2n) is 6.22. The fourth-order valence-electron chi connectivity index (χ4n) is 2.61. The van der Waals surface area contributed by atoms with Crippen molar-refractivity contribution >= 4 is 5.96 Å². The van der Waals surface area contributed by atoms with E-state index in [1.807, 2.05) is 0 Å². The molecule has 3 N–H and O–H groups in total. The van der Waals surface area contributed by atoms with E-state index in [4.69, 9.17) is 14.5 Å². The first-order valence-corrected chi connectivity index (χ1v) is 9.05. The van der Waals surface area contributed by atoms with Gasteiger partial charge in [0.15, 0.2) is 5.96 Å². The van der Waals surface area contributed by atoms with Gasteiger partial charge in [-0.15, -0.1) is 0 Å². The van der Waals surface area contributed by atoms with Crippen LogP contribution < -0.4 is 10.6 Å². The number of unbranched alkanes of at least 4 members (excludes halogenated alkanes) is 1. The maximum atomic E-state index is 9.27. The summed E-state index contributed by atoms with van der Waals surface area (Å²) < 4.78 is 11.1. The number of ether oxygens (including phenoxy) is 2. The Bertz CT molecular complexity index is 318. The molecular weight excluding hydrogens is 294 g/mol. The van der Waals surface area contributed by atoms with Gasteiger partial charge < -0.3 is 25.2 Å². The molecule has 1 unspecified atom stereocenters. The number of aliphatic hydroxyl groups is 1. The summed E-state index contributed by atoms with van der Waals surface area (Å²) in [5.74, 6) is 0.838. The molecule has 0 aromatic rings. The van der Waals surface area contributed by atoms with Gasteiger partial charge in [-0.2, -0.15) is 0 Å². The first-order valence-electron chi connectivity index (χ1n) is 9.05. The fraction of sp³-hybridized carbons (Fsp3) is 0.941. The molecule has 0 aromatic heterocycles. The molecule has 6 nitrogen and oxygen atoms in total. The van der Waals surface area contributed by atoms with E-state index in [2.05, 4.69) is 24.5 Å². The number of hydrogen-bond donors (Lipinski definition) is 3. The molecular formula is C17H35N3O3. The Morgan fingerprint density at radius 1 is 1.26 bits per heavy atom. The summed E-state index contributed by atoms with van der Waals surface area (Å²) in [6.45, 7) is 9.91. The minimum Gasteiger partial charge on any atom is -0.396 e. The predicted octanol–water partition coefficient (Wildman–Crippen LogP) is 1.54. The van der Waals surface area contributed by atoms with Crippen LogP contribution >= 0.6 is 0 Å². The van der Waals surface area contributed by atoms with Gasteiger partial charge in [0.2, 0.25) is 0 Å². The van der Waals surface area contributed by atoms with E-state index in [-0.39, 0.29) is 12.0 Å². The highest BCUT2D eigenvalue weighted by atomic mass is 16.5. The molecule has 136 valence electrons. The molecule has 23 heavy (non-hydrogen) atoms. The van der Waals surface area contributed by atoms with Gasteiger partial charge in [0.05, 0.1) is 13.2 Å². The lowest BCUT2D eigenvalue weighted by Gasteiger charge is -2.24. The molecule has 0 aliphatic carbocycles. The predicted molar refractivity (Wildman–Crippen MR) is 93.9 cm³/mol. The number of guanidine groups is 1. The van der Waals surface area contributed by atoms with Crippen molar-refractivity contribution in [3.8, 4) is 0 Å². The Morgan fingerprint density at radius 3 is 2.74 bits per heavy atom. The summed E-state index contributed by atoms with van der Waals surface area (Å²) in [5, 5.41) is 15.9. The number of nitrogens with one attached hydrogen (secondary N) is 2. The van der Waals surface area contributed by atoms with Gasteiger partial charge in [0, 0.05) is 44.9 Å². The van der Waals surface area contributed by atoms with Crippen LogP contribution in [0, 0.1) is 5.41 Å². The van der Waals surface area contributed by atoms with Crippen molar-refractivity contribution < 1.29 is 14.6 Å². The molecule has 0 amide bonds. The molecule has 0 spiro atoms. The monoisotopic (exact) mass is 329 g/mol. The van der Waals surface area contributed by atoms with Crippen LogP contribution in [0.2, 0.25) is 0 Å². The molecule has 6 heteroatoms. The van der Waals surface area contributed by atoms with E-state index < -0.39 is 0 Å². The minimum atomic E-state index is 0.000362. The van der Waals surface area contributed by atoms with Crippen LogP contribution in [0.4, 0.5) is 0 Å². The second-order valence-corrected chi connectivity index (χ2v) is 6.22. The molecule has 0 bridgehead atoms. The van der Waals surface area contributed by atoms with E-state index in [1.54, 1.807) is 0 Å². The van der Waals surface area contributed by atoms with Crippen LogP contribution in [0.1, 0.15) is 46.0 Å². The van der Waals surface area contributed by atoms with Gasteiger partial charge in [0.25, 0.3) is 0 Å². The fourth-order valence-corrected chi connectivity index (χ4v) is 2.61. The third-order valence-electron chi connectivity index (χ3n) is 4.14. The first kappa shape index (κ1) is 20.2. The number of rotatable bonds is 12. The molecule has 0 saturated carbocycles. The summed E-state index contributed by atoms with van der Waals surface area (Å²) >= 11 is 0. The highest BCUT2D eigenvalue weighted by Gasteiger charge is 2.34. The first-order chi connectivity index (χ1) is 11.3. The lowest BCUT2D eigenvalue weighted by atomic mass is 9.84. The Labute approximate surface area is 141 Å². The van der Waals surface area contributed by atoms with Crippen molar-refractivity contribution in [2.24, 2.45) is 10.4 Å². The molecule has 1 fully saturated rings. The van der Waals surface area contributed by atoms with Gasteiger partial charge in [0.1, 0.15) is 0 Å². The summed E-state index contributed by atoms with van der Waals surface area (Å²) in [4.78, 5) is 4.70. The number of aliphatic imine (C=N–C) groups is 1. The lowest BCUT2D eigenvalue weighted by Crippen LogP contribution is -2.39. The number of aliphatic hydroxyl groups excluding tert-OH is 1. The van der Waals surface area contributed by atoms with Crippen molar-refractivity contribution in [2.45, 2.75) is 46.0 Å². The lowest BCUT2D eigenvalue weighted by molar-refractivity contribution is 0.129. The summed E-state index contributed by atoms with van der Waals surface area (Å²) in [7, 11) is 0. The van der Waals surface area contributed by atoms with Gasteiger partial charge in [-0.3, -0.25) is 4.99 Å². The van der Waals surface area contributed by atoms with E-state index in [9.17, 15) is 5.11 Å². The third kappa shape index (κ3) is 8.53. The summed E-state index contributed by atoms with van der Waals surface area (Å²) in [5.41, 5.74) is 0.000362. The van der Waals surface area contributed by atoms with E-state index in [1.165, 1.54) is 6.42 Å². The SMILES string of the molecule is CCCCOCCCNC(=NCC1(CCO)CCOC1)NCC. The number of nitrogens with zero attached hydrogens (tertiary/aromatic N) is 1. The van der Waals surface area contributed by atoms with Crippen molar-refractivity contribution in [1.82, 2.24) is 10.6 Å². The molecule has 0 radical (unpaired) electrons. The van der Waals surface area contributed by atoms with Gasteiger partial charge >= 0.3 is 0 Å². The summed E-state index contributed by atoms with van der Waals surface area (Å²) in [6, 6.07) is 0. The second kappa shape index (κ2) is 12.6. The third-order valence-corrected chi connectivity index (χ3v) is 4.14. The van der Waals surface area contributed by atoms with E-state index >= 15 is 0 Å². The van der Waals surface area contributed by atoms with Crippen LogP contribution in [0.5, 0.6) is 0 Å². The van der Waals surface area contributed by atoms with Crippen molar-refractivity contribution in [3.63, 3.8) is 0 Å². The van der Waals surface area contributed by atoms with Crippen LogP contribution in [-0.4, -0.2) is 63.7 Å². The zero-order valence-corrected chi connectivity index (χ0v) is 14.9. The zero-order chi connectivity index (χ0) is 16.8. The zero-order valence-electron chi connectivity index (χ0n) is 14.9.